The van der Waals surface area contributed by atoms with Crippen molar-refractivity contribution in [2.45, 2.75) is 4.90 Å². The summed E-state index contributed by atoms with van der Waals surface area (Å²) < 4.78 is 12.3. The molecule has 1 amide bonds. The molecule has 0 radical (unpaired) electrons. The van der Waals surface area contributed by atoms with Crippen molar-refractivity contribution in [3.63, 3.8) is 0 Å². The topological polar surface area (TPSA) is 77.9 Å². The highest BCUT2D eigenvalue weighted by Gasteiger charge is 2.23. The van der Waals surface area contributed by atoms with E-state index < -0.39 is 16.8 Å². The first-order valence-corrected chi connectivity index (χ1v) is 7.98. The zero-order chi connectivity index (χ0) is 15.4. The minimum absolute atomic E-state index is 0.0120. The van der Waals surface area contributed by atoms with E-state index in [-0.39, 0.29) is 22.1 Å². The fraction of sp³-hybridized carbons (Fsp3) is 0.429. The molecule has 1 aliphatic heterocycles. The van der Waals surface area contributed by atoms with Gasteiger partial charge in [-0.3, -0.25) is 9.00 Å². The van der Waals surface area contributed by atoms with Crippen LogP contribution in [0.4, 0.5) is 0 Å². The second-order valence-electron chi connectivity index (χ2n) is 4.98. The van der Waals surface area contributed by atoms with Gasteiger partial charge in [-0.1, -0.05) is 12.1 Å². The number of nitrogens with zero attached hydrogens (tertiary/aromatic N) is 2. The van der Waals surface area contributed by atoms with E-state index in [1.54, 1.807) is 17.0 Å². The Kier molecular flexibility index (Phi) is 5.08. The highest BCUT2D eigenvalue weighted by molar-refractivity contribution is 7.85. The van der Waals surface area contributed by atoms with E-state index in [0.717, 1.165) is 13.1 Å². The Morgan fingerprint density at radius 3 is 2.43 bits per heavy atom. The summed E-state index contributed by atoms with van der Waals surface area (Å²) in [5, 5.41) is 9.09. The van der Waals surface area contributed by atoms with E-state index in [9.17, 15) is 13.8 Å². The predicted molar refractivity (Wildman–Crippen MR) is 78.8 cm³/mol. The molecule has 1 unspecified atom stereocenters. The lowest BCUT2D eigenvalue weighted by Crippen LogP contribution is -2.48. The van der Waals surface area contributed by atoms with Gasteiger partial charge in [-0.2, -0.15) is 0 Å². The van der Waals surface area contributed by atoms with Crippen molar-refractivity contribution in [1.82, 2.24) is 9.80 Å². The number of benzene rings is 1. The number of carboxylic acid groups (broad SMARTS) is 1. The van der Waals surface area contributed by atoms with E-state index in [4.69, 9.17) is 5.11 Å². The SMILES string of the molecule is CN1CCN(C(=O)CS(=O)c2ccccc2C(=O)O)CC1. The summed E-state index contributed by atoms with van der Waals surface area (Å²) >= 11 is 0. The molecule has 0 aromatic heterocycles. The molecule has 1 aliphatic rings. The van der Waals surface area contributed by atoms with Crippen LogP contribution in [0.1, 0.15) is 10.4 Å². The quantitative estimate of drug-likeness (QED) is 0.863. The van der Waals surface area contributed by atoms with E-state index in [0.29, 0.717) is 13.1 Å². The molecule has 1 fully saturated rings. The van der Waals surface area contributed by atoms with Crippen LogP contribution in [0.25, 0.3) is 0 Å². The number of piperazine rings is 1. The molecule has 1 aromatic rings. The van der Waals surface area contributed by atoms with Gasteiger partial charge in [0.15, 0.2) is 0 Å². The molecule has 0 aliphatic carbocycles. The minimum Gasteiger partial charge on any atom is -0.478 e. The average Bonchev–Trinajstić information content (AvgIpc) is 2.47. The zero-order valence-electron chi connectivity index (χ0n) is 11.8. The molecule has 1 heterocycles. The van der Waals surface area contributed by atoms with Crippen LogP contribution < -0.4 is 0 Å². The number of amides is 1. The second kappa shape index (κ2) is 6.82. The largest absolute Gasteiger partial charge is 0.478 e. The van der Waals surface area contributed by atoms with Crippen molar-refractivity contribution < 1.29 is 18.9 Å². The Balaban J connectivity index is 2.05. The van der Waals surface area contributed by atoms with Crippen molar-refractivity contribution in [3.05, 3.63) is 29.8 Å². The van der Waals surface area contributed by atoms with Crippen LogP contribution in [0, 0.1) is 0 Å². The molecule has 1 aromatic carbocycles. The summed E-state index contributed by atoms with van der Waals surface area (Å²) in [6, 6.07) is 6.10. The van der Waals surface area contributed by atoms with Crippen LogP contribution in [-0.2, 0) is 15.6 Å². The van der Waals surface area contributed by atoms with E-state index in [2.05, 4.69) is 4.90 Å². The molecule has 6 nitrogen and oxygen atoms in total. The van der Waals surface area contributed by atoms with Gasteiger partial charge >= 0.3 is 5.97 Å². The van der Waals surface area contributed by atoms with Crippen molar-refractivity contribution in [3.8, 4) is 0 Å². The molecule has 1 N–H and O–H groups in total. The first-order valence-electron chi connectivity index (χ1n) is 6.66. The Hall–Kier alpha value is -1.73. The second-order valence-corrected chi connectivity index (χ2v) is 6.39. The van der Waals surface area contributed by atoms with Crippen LogP contribution in [0.2, 0.25) is 0 Å². The van der Waals surface area contributed by atoms with Crippen molar-refractivity contribution in [1.29, 1.82) is 0 Å². The lowest BCUT2D eigenvalue weighted by molar-refractivity contribution is -0.129. The highest BCUT2D eigenvalue weighted by atomic mass is 32.2. The van der Waals surface area contributed by atoms with Crippen LogP contribution in [-0.4, -0.2) is 70.0 Å². The van der Waals surface area contributed by atoms with Gasteiger partial charge in [-0.25, -0.2) is 4.79 Å². The molecular weight excluding hydrogens is 292 g/mol. The number of aromatic carboxylic acids is 1. The van der Waals surface area contributed by atoms with Gasteiger partial charge in [0, 0.05) is 26.2 Å². The van der Waals surface area contributed by atoms with E-state index >= 15 is 0 Å². The monoisotopic (exact) mass is 310 g/mol. The van der Waals surface area contributed by atoms with E-state index in [1.165, 1.54) is 12.1 Å². The Morgan fingerprint density at radius 1 is 1.19 bits per heavy atom. The highest BCUT2D eigenvalue weighted by Crippen LogP contribution is 2.14. The maximum Gasteiger partial charge on any atom is 0.336 e. The van der Waals surface area contributed by atoms with Gasteiger partial charge in [0.1, 0.15) is 5.75 Å². The fourth-order valence-corrected chi connectivity index (χ4v) is 3.37. The average molecular weight is 310 g/mol. The third-order valence-corrected chi connectivity index (χ3v) is 4.83. The molecule has 1 atom stereocenters. The van der Waals surface area contributed by atoms with Gasteiger partial charge in [-0.05, 0) is 19.2 Å². The van der Waals surface area contributed by atoms with Crippen molar-refractivity contribution in [2.75, 3.05) is 39.0 Å². The molecule has 2 rings (SSSR count). The van der Waals surface area contributed by atoms with Gasteiger partial charge in [0.25, 0.3) is 0 Å². The number of carbonyl (C=O) groups is 2. The third kappa shape index (κ3) is 3.89. The maximum absolute atomic E-state index is 12.3. The number of rotatable bonds is 4. The number of hydrogen-bond donors (Lipinski definition) is 1. The van der Waals surface area contributed by atoms with Crippen LogP contribution in [0.15, 0.2) is 29.2 Å². The summed E-state index contributed by atoms with van der Waals surface area (Å²) in [5.41, 5.74) is -0.0120. The number of carbonyl (C=O) groups excluding carboxylic acids is 1. The summed E-state index contributed by atoms with van der Waals surface area (Å²) in [6.07, 6.45) is 0. The Bertz CT molecular complexity index is 568. The number of hydrogen-bond acceptors (Lipinski definition) is 4. The summed E-state index contributed by atoms with van der Waals surface area (Å²) in [4.78, 5) is 27.3. The standard InChI is InChI=1S/C14H18N2O4S/c1-15-6-8-16(9-7-15)13(17)10-21(20)12-5-3-2-4-11(12)14(18)19/h2-5H,6-10H2,1H3,(H,18,19). The minimum atomic E-state index is -1.64. The van der Waals surface area contributed by atoms with Gasteiger partial charge < -0.3 is 14.9 Å². The lowest BCUT2D eigenvalue weighted by Gasteiger charge is -2.32. The van der Waals surface area contributed by atoms with Crippen molar-refractivity contribution >= 4 is 22.7 Å². The molecule has 0 spiro atoms. The molecular formula is C14H18N2O4S. The predicted octanol–water partition coefficient (Wildman–Crippen LogP) is 0.266. The molecule has 7 heteroatoms. The van der Waals surface area contributed by atoms with Crippen LogP contribution in [0.3, 0.4) is 0 Å². The Labute approximate surface area is 125 Å². The lowest BCUT2D eigenvalue weighted by atomic mass is 10.2. The normalized spacial score (nSPS) is 17.5. The maximum atomic E-state index is 12.3. The van der Waals surface area contributed by atoms with E-state index in [1.807, 2.05) is 7.05 Å². The summed E-state index contributed by atoms with van der Waals surface area (Å²) in [7, 11) is 0.347. The molecule has 114 valence electrons. The molecule has 0 bridgehead atoms. The number of likely N-dealkylation sites (N-methyl/N-ethyl adjacent to an activating group) is 1. The molecule has 0 saturated carbocycles. The Morgan fingerprint density at radius 2 is 1.81 bits per heavy atom. The van der Waals surface area contributed by atoms with Gasteiger partial charge in [0.2, 0.25) is 5.91 Å². The first kappa shape index (κ1) is 15.7. The van der Waals surface area contributed by atoms with Crippen molar-refractivity contribution in [2.24, 2.45) is 0 Å². The zero-order valence-corrected chi connectivity index (χ0v) is 12.6. The first-order chi connectivity index (χ1) is 9.99. The number of carboxylic acids is 1. The summed E-state index contributed by atoms with van der Waals surface area (Å²) in [6.45, 7) is 2.83. The smallest absolute Gasteiger partial charge is 0.336 e. The van der Waals surface area contributed by atoms with Crippen LogP contribution >= 0.6 is 0 Å². The fourth-order valence-electron chi connectivity index (χ4n) is 2.18. The molecule has 21 heavy (non-hydrogen) atoms. The summed E-state index contributed by atoms with van der Waals surface area (Å²) in [5.74, 6) is -1.50. The molecule has 1 saturated heterocycles. The van der Waals surface area contributed by atoms with Gasteiger partial charge in [-0.15, -0.1) is 0 Å². The third-order valence-electron chi connectivity index (χ3n) is 3.47. The van der Waals surface area contributed by atoms with Gasteiger partial charge in [0.05, 0.1) is 21.3 Å². The van der Waals surface area contributed by atoms with Crippen LogP contribution in [0.5, 0.6) is 0 Å².